The van der Waals surface area contributed by atoms with E-state index in [9.17, 15) is 4.79 Å². The molecule has 136 valence electrons. The summed E-state index contributed by atoms with van der Waals surface area (Å²) in [6.07, 6.45) is 3.10. The van der Waals surface area contributed by atoms with E-state index in [1.165, 1.54) is 6.42 Å². The number of rotatable bonds is 4. The number of carbonyl (C=O) groups excluding carboxylic acids is 1. The minimum atomic E-state index is -1.67. The first-order valence-corrected chi connectivity index (χ1v) is 11.8. The van der Waals surface area contributed by atoms with E-state index in [-0.39, 0.29) is 11.1 Å². The fourth-order valence-corrected chi connectivity index (χ4v) is 3.55. The van der Waals surface area contributed by atoms with Crippen molar-refractivity contribution in [1.82, 2.24) is 4.90 Å². The fourth-order valence-electron chi connectivity index (χ4n) is 2.49. The summed E-state index contributed by atoms with van der Waals surface area (Å²) < 4.78 is 11.8. The number of hydrogen-bond acceptors (Lipinski definition) is 3. The molecule has 1 atom stereocenters. The van der Waals surface area contributed by atoms with Gasteiger partial charge in [0.25, 0.3) is 0 Å². The number of nitrogens with zero attached hydrogens (tertiary/aromatic N) is 1. The monoisotopic (exact) mass is 343 g/mol. The molecule has 1 saturated heterocycles. The van der Waals surface area contributed by atoms with Crippen LogP contribution in [0.15, 0.2) is 0 Å². The Bertz CT molecular complexity index is 396. The third kappa shape index (κ3) is 6.84. The molecule has 0 aliphatic carbocycles. The van der Waals surface area contributed by atoms with Crippen molar-refractivity contribution in [3.63, 3.8) is 0 Å². The second-order valence-electron chi connectivity index (χ2n) is 9.33. The summed E-state index contributed by atoms with van der Waals surface area (Å²) in [5, 5.41) is 0.252. The average molecular weight is 344 g/mol. The van der Waals surface area contributed by atoms with Gasteiger partial charge in [-0.2, -0.15) is 0 Å². The summed E-state index contributed by atoms with van der Waals surface area (Å²) in [6, 6.07) is 0. The Hall–Kier alpha value is -0.553. The SMILES string of the molecule is CC(C)(C)OC(=O)N1CCCC(CCO[Si](C)(C)C(C)(C)C)C1. The lowest BCUT2D eigenvalue weighted by molar-refractivity contribution is 0.0153. The van der Waals surface area contributed by atoms with E-state index in [1.54, 1.807) is 0 Å². The molecule has 1 fully saturated rings. The molecular formula is C18H37NO3Si. The smallest absolute Gasteiger partial charge is 0.410 e. The van der Waals surface area contributed by atoms with Crippen LogP contribution < -0.4 is 0 Å². The highest BCUT2D eigenvalue weighted by Crippen LogP contribution is 2.36. The molecular weight excluding hydrogens is 306 g/mol. The number of amides is 1. The predicted molar refractivity (Wildman–Crippen MR) is 98.3 cm³/mol. The zero-order valence-electron chi connectivity index (χ0n) is 16.5. The van der Waals surface area contributed by atoms with Crippen molar-refractivity contribution in [3.05, 3.63) is 0 Å². The second kappa shape index (κ2) is 7.56. The van der Waals surface area contributed by atoms with Crippen LogP contribution in [0.3, 0.4) is 0 Å². The molecule has 0 aromatic heterocycles. The molecule has 0 saturated carbocycles. The van der Waals surface area contributed by atoms with E-state index in [0.717, 1.165) is 32.5 Å². The zero-order chi connectivity index (χ0) is 17.9. The van der Waals surface area contributed by atoms with Gasteiger partial charge in [-0.3, -0.25) is 0 Å². The van der Waals surface area contributed by atoms with E-state index >= 15 is 0 Å². The van der Waals surface area contributed by atoms with Crippen molar-refractivity contribution >= 4 is 14.4 Å². The molecule has 0 spiro atoms. The second-order valence-corrected chi connectivity index (χ2v) is 14.1. The Labute approximate surface area is 144 Å². The Kier molecular flexibility index (Phi) is 6.73. The van der Waals surface area contributed by atoms with Crippen LogP contribution in [-0.4, -0.2) is 44.6 Å². The van der Waals surface area contributed by atoms with Gasteiger partial charge in [0.1, 0.15) is 5.60 Å². The number of piperidine rings is 1. The van der Waals surface area contributed by atoms with Gasteiger partial charge in [-0.15, -0.1) is 0 Å². The van der Waals surface area contributed by atoms with Crippen molar-refractivity contribution in [2.24, 2.45) is 5.92 Å². The van der Waals surface area contributed by atoms with Gasteiger partial charge in [0.2, 0.25) is 0 Å². The van der Waals surface area contributed by atoms with Crippen molar-refractivity contribution in [1.29, 1.82) is 0 Å². The highest BCUT2D eigenvalue weighted by atomic mass is 28.4. The molecule has 0 aromatic carbocycles. The summed E-state index contributed by atoms with van der Waals surface area (Å²) in [7, 11) is -1.67. The molecule has 0 radical (unpaired) electrons. The molecule has 0 N–H and O–H groups in total. The van der Waals surface area contributed by atoms with Crippen LogP contribution in [0.1, 0.15) is 60.8 Å². The molecule has 0 aromatic rings. The lowest BCUT2D eigenvalue weighted by Gasteiger charge is -2.37. The topological polar surface area (TPSA) is 38.8 Å². The first kappa shape index (κ1) is 20.5. The molecule has 1 heterocycles. The van der Waals surface area contributed by atoms with Crippen molar-refractivity contribution < 1.29 is 14.0 Å². The summed E-state index contributed by atoms with van der Waals surface area (Å²) in [5.74, 6) is 0.529. The number of hydrogen-bond donors (Lipinski definition) is 0. The number of likely N-dealkylation sites (tertiary alicyclic amines) is 1. The predicted octanol–water partition coefficient (Wildman–Crippen LogP) is 5.05. The van der Waals surface area contributed by atoms with Gasteiger partial charge in [0.15, 0.2) is 8.32 Å². The van der Waals surface area contributed by atoms with Gasteiger partial charge in [-0.05, 0) is 64.1 Å². The minimum absolute atomic E-state index is 0.174. The van der Waals surface area contributed by atoms with Crippen molar-refractivity contribution in [2.45, 2.75) is 84.5 Å². The van der Waals surface area contributed by atoms with Gasteiger partial charge >= 0.3 is 6.09 Å². The Morgan fingerprint density at radius 2 is 1.78 bits per heavy atom. The van der Waals surface area contributed by atoms with Crippen LogP contribution in [0.2, 0.25) is 18.1 Å². The summed E-state index contributed by atoms with van der Waals surface area (Å²) in [5.41, 5.74) is -0.421. The van der Waals surface area contributed by atoms with Crippen LogP contribution in [0, 0.1) is 5.92 Å². The molecule has 1 rings (SSSR count). The number of ether oxygens (including phenoxy) is 1. The standard InChI is InChI=1S/C18H37NO3Si/c1-17(2,3)22-16(20)19-12-9-10-15(14-19)11-13-21-23(7,8)18(4,5)6/h15H,9-14H2,1-8H3. The quantitative estimate of drug-likeness (QED) is 0.671. The molecule has 1 amide bonds. The van der Waals surface area contributed by atoms with Crippen LogP contribution in [-0.2, 0) is 9.16 Å². The zero-order valence-corrected chi connectivity index (χ0v) is 17.5. The molecule has 23 heavy (non-hydrogen) atoms. The highest BCUT2D eigenvalue weighted by Gasteiger charge is 2.37. The maximum absolute atomic E-state index is 12.2. The maximum atomic E-state index is 12.2. The molecule has 1 aliphatic rings. The van der Waals surface area contributed by atoms with Gasteiger partial charge in [-0.25, -0.2) is 4.79 Å². The Morgan fingerprint density at radius 1 is 1.17 bits per heavy atom. The molecule has 0 bridgehead atoms. The van der Waals surface area contributed by atoms with Crippen LogP contribution in [0.5, 0.6) is 0 Å². The van der Waals surface area contributed by atoms with E-state index in [0.29, 0.717) is 5.92 Å². The van der Waals surface area contributed by atoms with Gasteiger partial charge < -0.3 is 14.1 Å². The third-order valence-electron chi connectivity index (χ3n) is 4.97. The van der Waals surface area contributed by atoms with Crippen molar-refractivity contribution in [3.8, 4) is 0 Å². The van der Waals surface area contributed by atoms with Crippen LogP contribution >= 0.6 is 0 Å². The average Bonchev–Trinajstić information content (AvgIpc) is 2.35. The van der Waals surface area contributed by atoms with E-state index in [2.05, 4.69) is 33.9 Å². The highest BCUT2D eigenvalue weighted by molar-refractivity contribution is 6.74. The molecule has 5 heteroatoms. The fraction of sp³-hybridized carbons (Fsp3) is 0.944. The Balaban J connectivity index is 2.43. The summed E-state index contributed by atoms with van der Waals surface area (Å²) >= 11 is 0. The van der Waals surface area contributed by atoms with E-state index < -0.39 is 13.9 Å². The van der Waals surface area contributed by atoms with Crippen molar-refractivity contribution in [2.75, 3.05) is 19.7 Å². The molecule has 4 nitrogen and oxygen atoms in total. The Morgan fingerprint density at radius 3 is 2.30 bits per heavy atom. The first-order valence-electron chi connectivity index (χ1n) is 8.94. The van der Waals surface area contributed by atoms with Crippen LogP contribution in [0.25, 0.3) is 0 Å². The summed E-state index contributed by atoms with van der Waals surface area (Å²) in [6.45, 7) is 19.6. The van der Waals surface area contributed by atoms with E-state index in [1.807, 2.05) is 25.7 Å². The van der Waals surface area contributed by atoms with Gasteiger partial charge in [0, 0.05) is 19.7 Å². The van der Waals surface area contributed by atoms with E-state index in [4.69, 9.17) is 9.16 Å². The maximum Gasteiger partial charge on any atom is 0.410 e. The lowest BCUT2D eigenvalue weighted by atomic mass is 9.95. The van der Waals surface area contributed by atoms with Crippen LogP contribution in [0.4, 0.5) is 4.79 Å². The van der Waals surface area contributed by atoms with Gasteiger partial charge in [-0.1, -0.05) is 20.8 Å². The molecule has 1 unspecified atom stereocenters. The summed E-state index contributed by atoms with van der Waals surface area (Å²) in [4.78, 5) is 14.1. The molecule has 1 aliphatic heterocycles. The lowest BCUT2D eigenvalue weighted by Crippen LogP contribution is -2.44. The number of carbonyl (C=O) groups is 1. The largest absolute Gasteiger partial charge is 0.444 e. The normalized spacial score (nSPS) is 20.5. The minimum Gasteiger partial charge on any atom is -0.444 e. The van der Waals surface area contributed by atoms with Gasteiger partial charge in [0.05, 0.1) is 0 Å². The first-order chi connectivity index (χ1) is 10.3. The third-order valence-corrected chi connectivity index (χ3v) is 9.50.